The molecule has 0 saturated carbocycles. The lowest BCUT2D eigenvalue weighted by atomic mass is 9.96. The second kappa shape index (κ2) is 8.06. The maximum atomic E-state index is 5.67. The summed E-state index contributed by atoms with van der Waals surface area (Å²) >= 11 is 0. The van der Waals surface area contributed by atoms with E-state index in [9.17, 15) is 0 Å². The molecule has 1 saturated heterocycles. The largest absolute Gasteiger partial charge is 0.377 e. The number of piperidine rings is 1. The van der Waals surface area contributed by atoms with E-state index < -0.39 is 0 Å². The van der Waals surface area contributed by atoms with E-state index in [4.69, 9.17) is 4.74 Å². The summed E-state index contributed by atoms with van der Waals surface area (Å²) in [7, 11) is 0. The zero-order chi connectivity index (χ0) is 12.7. The SMILES string of the molecule is CCNC(C)C1CCCCN1CCOC(C)C. The summed E-state index contributed by atoms with van der Waals surface area (Å²) in [6, 6.07) is 1.29. The third-order valence-electron chi connectivity index (χ3n) is 3.60. The number of rotatable bonds is 7. The van der Waals surface area contributed by atoms with Crippen molar-refractivity contribution in [3.8, 4) is 0 Å². The molecule has 2 unspecified atom stereocenters. The first-order valence-electron chi connectivity index (χ1n) is 7.24. The number of hydrogen-bond acceptors (Lipinski definition) is 3. The number of hydrogen-bond donors (Lipinski definition) is 1. The van der Waals surface area contributed by atoms with Crippen LogP contribution in [-0.4, -0.2) is 49.3 Å². The van der Waals surface area contributed by atoms with Gasteiger partial charge in [-0.05, 0) is 46.7 Å². The third-order valence-corrected chi connectivity index (χ3v) is 3.60. The third kappa shape index (κ3) is 5.36. The van der Waals surface area contributed by atoms with Gasteiger partial charge in [0.2, 0.25) is 0 Å². The van der Waals surface area contributed by atoms with Gasteiger partial charge in [0.25, 0.3) is 0 Å². The molecule has 1 aliphatic heterocycles. The molecule has 102 valence electrons. The predicted octanol–water partition coefficient (Wildman–Crippen LogP) is 2.26. The van der Waals surface area contributed by atoms with Gasteiger partial charge in [-0.2, -0.15) is 0 Å². The summed E-state index contributed by atoms with van der Waals surface area (Å²) in [5.74, 6) is 0. The summed E-state index contributed by atoms with van der Waals surface area (Å²) in [4.78, 5) is 2.61. The van der Waals surface area contributed by atoms with Crippen LogP contribution in [0.25, 0.3) is 0 Å². The Balaban J connectivity index is 2.36. The lowest BCUT2D eigenvalue weighted by Crippen LogP contribution is -2.51. The van der Waals surface area contributed by atoms with Crippen molar-refractivity contribution >= 4 is 0 Å². The van der Waals surface area contributed by atoms with Crippen LogP contribution in [0.2, 0.25) is 0 Å². The first kappa shape index (κ1) is 14.9. The van der Waals surface area contributed by atoms with E-state index >= 15 is 0 Å². The highest BCUT2D eigenvalue weighted by Gasteiger charge is 2.26. The molecule has 0 aromatic rings. The van der Waals surface area contributed by atoms with E-state index in [2.05, 4.69) is 37.9 Å². The molecule has 1 N–H and O–H groups in total. The zero-order valence-electron chi connectivity index (χ0n) is 12.0. The zero-order valence-corrected chi connectivity index (χ0v) is 12.0. The van der Waals surface area contributed by atoms with E-state index in [-0.39, 0.29) is 0 Å². The minimum Gasteiger partial charge on any atom is -0.377 e. The minimum atomic E-state index is 0.351. The monoisotopic (exact) mass is 242 g/mol. The van der Waals surface area contributed by atoms with Gasteiger partial charge in [-0.15, -0.1) is 0 Å². The fourth-order valence-corrected chi connectivity index (χ4v) is 2.72. The molecule has 0 radical (unpaired) electrons. The Bertz CT molecular complexity index is 197. The van der Waals surface area contributed by atoms with Crippen LogP contribution >= 0.6 is 0 Å². The number of ether oxygens (including phenoxy) is 1. The normalized spacial score (nSPS) is 24.2. The highest BCUT2D eigenvalue weighted by Crippen LogP contribution is 2.19. The van der Waals surface area contributed by atoms with Gasteiger partial charge in [0.05, 0.1) is 12.7 Å². The molecule has 1 fully saturated rings. The van der Waals surface area contributed by atoms with E-state index in [1.807, 2.05) is 0 Å². The Morgan fingerprint density at radius 1 is 1.29 bits per heavy atom. The molecule has 0 amide bonds. The Morgan fingerprint density at radius 2 is 2.06 bits per heavy atom. The fraction of sp³-hybridized carbons (Fsp3) is 1.00. The van der Waals surface area contributed by atoms with Crippen LogP contribution in [0.1, 0.15) is 47.0 Å². The Hall–Kier alpha value is -0.120. The smallest absolute Gasteiger partial charge is 0.0597 e. The highest BCUT2D eigenvalue weighted by atomic mass is 16.5. The minimum absolute atomic E-state index is 0.351. The first-order chi connectivity index (χ1) is 8.15. The van der Waals surface area contributed by atoms with Gasteiger partial charge in [0.1, 0.15) is 0 Å². The molecule has 2 atom stereocenters. The van der Waals surface area contributed by atoms with Crippen molar-refractivity contribution in [1.29, 1.82) is 0 Å². The van der Waals surface area contributed by atoms with Crippen LogP contribution in [0.3, 0.4) is 0 Å². The Morgan fingerprint density at radius 3 is 2.71 bits per heavy atom. The maximum absolute atomic E-state index is 5.67. The predicted molar refractivity (Wildman–Crippen MR) is 73.4 cm³/mol. The van der Waals surface area contributed by atoms with Crippen LogP contribution in [0, 0.1) is 0 Å². The van der Waals surface area contributed by atoms with Crippen LogP contribution in [0.5, 0.6) is 0 Å². The van der Waals surface area contributed by atoms with Crippen molar-refractivity contribution in [1.82, 2.24) is 10.2 Å². The van der Waals surface area contributed by atoms with Crippen molar-refractivity contribution in [3.63, 3.8) is 0 Å². The lowest BCUT2D eigenvalue weighted by Gasteiger charge is -2.39. The molecule has 0 aliphatic carbocycles. The number of nitrogens with one attached hydrogen (secondary N) is 1. The van der Waals surface area contributed by atoms with Gasteiger partial charge in [-0.1, -0.05) is 13.3 Å². The topological polar surface area (TPSA) is 24.5 Å². The van der Waals surface area contributed by atoms with Crippen molar-refractivity contribution in [2.45, 2.75) is 65.1 Å². The van der Waals surface area contributed by atoms with E-state index in [1.54, 1.807) is 0 Å². The molecule has 0 spiro atoms. The Kier molecular flexibility index (Phi) is 7.09. The standard InChI is InChI=1S/C14H30N2O/c1-5-15-13(4)14-8-6-7-9-16(14)10-11-17-12(2)3/h12-15H,5-11H2,1-4H3. The number of nitrogens with zero attached hydrogens (tertiary/aromatic N) is 1. The second-order valence-corrected chi connectivity index (χ2v) is 5.36. The molecule has 0 bridgehead atoms. The summed E-state index contributed by atoms with van der Waals surface area (Å²) < 4.78 is 5.67. The first-order valence-corrected chi connectivity index (χ1v) is 7.24. The number of likely N-dealkylation sites (tertiary alicyclic amines) is 1. The van der Waals surface area contributed by atoms with Gasteiger partial charge < -0.3 is 10.1 Å². The molecule has 0 aromatic carbocycles. The van der Waals surface area contributed by atoms with Crippen molar-refractivity contribution < 1.29 is 4.74 Å². The van der Waals surface area contributed by atoms with E-state index in [0.29, 0.717) is 18.2 Å². The maximum Gasteiger partial charge on any atom is 0.0597 e. The van der Waals surface area contributed by atoms with Crippen molar-refractivity contribution in [2.24, 2.45) is 0 Å². The molecule has 1 aliphatic rings. The van der Waals surface area contributed by atoms with Gasteiger partial charge in [-0.25, -0.2) is 0 Å². The molecule has 1 rings (SSSR count). The number of likely N-dealkylation sites (N-methyl/N-ethyl adjacent to an activating group) is 1. The van der Waals surface area contributed by atoms with Crippen LogP contribution < -0.4 is 5.32 Å². The molecule has 1 heterocycles. The quantitative estimate of drug-likeness (QED) is 0.741. The van der Waals surface area contributed by atoms with Crippen LogP contribution in [-0.2, 0) is 4.74 Å². The van der Waals surface area contributed by atoms with Crippen molar-refractivity contribution in [3.05, 3.63) is 0 Å². The molecule has 3 nitrogen and oxygen atoms in total. The van der Waals surface area contributed by atoms with Gasteiger partial charge in [-0.3, -0.25) is 4.90 Å². The molecule has 0 aromatic heterocycles. The average Bonchev–Trinajstić information content (AvgIpc) is 2.29. The molecular weight excluding hydrogens is 212 g/mol. The summed E-state index contributed by atoms with van der Waals surface area (Å²) in [6.07, 6.45) is 4.40. The van der Waals surface area contributed by atoms with E-state index in [0.717, 1.165) is 19.7 Å². The summed E-state index contributed by atoms with van der Waals surface area (Å²) in [6.45, 7) is 13.0. The summed E-state index contributed by atoms with van der Waals surface area (Å²) in [5, 5.41) is 3.56. The van der Waals surface area contributed by atoms with E-state index in [1.165, 1.54) is 25.8 Å². The molecule has 17 heavy (non-hydrogen) atoms. The van der Waals surface area contributed by atoms with Crippen LogP contribution in [0.4, 0.5) is 0 Å². The van der Waals surface area contributed by atoms with Gasteiger partial charge in [0.15, 0.2) is 0 Å². The van der Waals surface area contributed by atoms with Crippen LogP contribution in [0.15, 0.2) is 0 Å². The fourth-order valence-electron chi connectivity index (χ4n) is 2.72. The summed E-state index contributed by atoms with van der Waals surface area (Å²) in [5.41, 5.74) is 0. The Labute approximate surface area is 107 Å². The average molecular weight is 242 g/mol. The molecule has 3 heteroatoms. The second-order valence-electron chi connectivity index (χ2n) is 5.36. The highest BCUT2D eigenvalue weighted by molar-refractivity contribution is 4.84. The molecular formula is C14H30N2O. The van der Waals surface area contributed by atoms with Gasteiger partial charge in [0, 0.05) is 18.6 Å². The van der Waals surface area contributed by atoms with Crippen molar-refractivity contribution in [2.75, 3.05) is 26.2 Å². The van der Waals surface area contributed by atoms with Gasteiger partial charge >= 0.3 is 0 Å². The lowest BCUT2D eigenvalue weighted by molar-refractivity contribution is 0.0339.